The second-order valence-corrected chi connectivity index (χ2v) is 6.84. The zero-order chi connectivity index (χ0) is 17.4. The van der Waals surface area contributed by atoms with Gasteiger partial charge in [0.05, 0.1) is 26.2 Å². The second-order valence-electron chi connectivity index (χ2n) is 4.35. The summed E-state index contributed by atoms with van der Waals surface area (Å²) in [6.07, 6.45) is -4.95. The van der Waals surface area contributed by atoms with Crippen LogP contribution in [0.5, 0.6) is 0 Å². The van der Waals surface area contributed by atoms with Crippen LogP contribution in [0.3, 0.4) is 0 Å². The molecule has 3 nitrogen and oxygen atoms in total. The van der Waals surface area contributed by atoms with Crippen LogP contribution in [0.1, 0.15) is 5.56 Å². The highest BCUT2D eigenvalue weighted by atomic mass is 35.5. The molecule has 0 aliphatic carbocycles. The van der Waals surface area contributed by atoms with E-state index in [1.807, 2.05) is 0 Å². The highest BCUT2D eigenvalue weighted by Crippen LogP contribution is 2.34. The summed E-state index contributed by atoms with van der Waals surface area (Å²) in [5.41, 5.74) is -2.40. The molecule has 2 aromatic carbocycles. The van der Waals surface area contributed by atoms with Gasteiger partial charge in [0.15, 0.2) is 5.82 Å². The fourth-order valence-electron chi connectivity index (χ4n) is 1.68. The molecule has 23 heavy (non-hydrogen) atoms. The summed E-state index contributed by atoms with van der Waals surface area (Å²) in [7, 11) is -4.34. The van der Waals surface area contributed by atoms with Crippen LogP contribution >= 0.6 is 23.2 Å². The number of hydrogen-bond donors (Lipinski definition) is 1. The number of alkyl halides is 3. The number of anilines is 1. The Balaban J connectivity index is 2.44. The molecular weight excluding hydrogens is 381 g/mol. The molecule has 2 aromatic rings. The molecular formula is C13H7Cl2F4NO2S. The summed E-state index contributed by atoms with van der Waals surface area (Å²) in [6, 6.07) is 5.55. The topological polar surface area (TPSA) is 46.2 Å². The molecule has 0 unspecified atom stereocenters. The fraction of sp³-hybridized carbons (Fsp3) is 0.0769. The van der Waals surface area contributed by atoms with Gasteiger partial charge in [-0.05, 0) is 30.3 Å². The minimum atomic E-state index is -4.95. The first-order valence-corrected chi connectivity index (χ1v) is 8.10. The van der Waals surface area contributed by atoms with E-state index in [-0.39, 0.29) is 14.9 Å². The predicted octanol–water partition coefficient (Wildman–Crippen LogP) is 4.95. The van der Waals surface area contributed by atoms with Crippen molar-refractivity contribution >= 4 is 38.9 Å². The van der Waals surface area contributed by atoms with Crippen LogP contribution in [0.2, 0.25) is 10.0 Å². The number of nitrogens with one attached hydrogen (secondary N) is 1. The first-order valence-electron chi connectivity index (χ1n) is 5.86. The van der Waals surface area contributed by atoms with Crippen LogP contribution in [0, 0.1) is 5.82 Å². The minimum Gasteiger partial charge on any atom is -0.277 e. The third-order valence-corrected chi connectivity index (χ3v) is 4.85. The van der Waals surface area contributed by atoms with E-state index in [1.54, 1.807) is 4.72 Å². The molecule has 10 heteroatoms. The first kappa shape index (κ1) is 17.8. The maximum absolute atomic E-state index is 13.9. The number of rotatable bonds is 3. The van der Waals surface area contributed by atoms with E-state index < -0.39 is 33.3 Å². The summed E-state index contributed by atoms with van der Waals surface area (Å²) in [5, 5.41) is 0.0231. The zero-order valence-corrected chi connectivity index (χ0v) is 13.3. The van der Waals surface area contributed by atoms with Crippen molar-refractivity contribution in [1.29, 1.82) is 0 Å². The quantitative estimate of drug-likeness (QED) is 0.757. The van der Waals surface area contributed by atoms with E-state index >= 15 is 0 Å². The van der Waals surface area contributed by atoms with Crippen LogP contribution in [0.4, 0.5) is 23.2 Å². The molecule has 1 N–H and O–H groups in total. The van der Waals surface area contributed by atoms with Crippen molar-refractivity contribution < 1.29 is 26.0 Å². The van der Waals surface area contributed by atoms with Crippen molar-refractivity contribution in [3.05, 3.63) is 57.8 Å². The molecule has 0 fully saturated rings. The lowest BCUT2D eigenvalue weighted by Gasteiger charge is -2.13. The highest BCUT2D eigenvalue weighted by molar-refractivity contribution is 7.92. The van der Waals surface area contributed by atoms with Gasteiger partial charge in [-0.25, -0.2) is 12.8 Å². The van der Waals surface area contributed by atoms with Gasteiger partial charge in [-0.3, -0.25) is 4.72 Å². The third kappa shape index (κ3) is 3.88. The average Bonchev–Trinajstić information content (AvgIpc) is 2.42. The van der Waals surface area contributed by atoms with Crippen molar-refractivity contribution in [2.45, 2.75) is 11.1 Å². The smallest absolute Gasteiger partial charge is 0.277 e. The molecule has 2 rings (SSSR count). The summed E-state index contributed by atoms with van der Waals surface area (Å²) >= 11 is 11.3. The summed E-state index contributed by atoms with van der Waals surface area (Å²) < 4.78 is 77.8. The van der Waals surface area contributed by atoms with Gasteiger partial charge in [-0.1, -0.05) is 29.3 Å². The lowest BCUT2D eigenvalue weighted by Crippen LogP contribution is -2.16. The molecule has 0 spiro atoms. The molecule has 0 amide bonds. The standard InChI is InChI=1S/C13H7Cl2F4NO2S/c14-9-5-4-7(6-10(9)15)23(21,22)20-11-3-1-2-8(12(11)16)13(17,18)19/h1-6,20H. The molecule has 0 atom stereocenters. The number of sulfonamides is 1. The Kier molecular flexibility index (Phi) is 4.79. The van der Waals surface area contributed by atoms with E-state index in [0.717, 1.165) is 24.3 Å². The Morgan fingerprint density at radius 3 is 2.22 bits per heavy atom. The second kappa shape index (κ2) is 6.18. The third-order valence-electron chi connectivity index (χ3n) is 2.75. The van der Waals surface area contributed by atoms with E-state index in [1.165, 1.54) is 6.07 Å². The average molecular weight is 388 g/mol. The molecule has 0 radical (unpaired) electrons. The van der Waals surface area contributed by atoms with Crippen molar-refractivity contribution in [3.63, 3.8) is 0 Å². The maximum Gasteiger partial charge on any atom is 0.419 e. The van der Waals surface area contributed by atoms with E-state index in [9.17, 15) is 26.0 Å². The van der Waals surface area contributed by atoms with Gasteiger partial charge in [0.1, 0.15) is 0 Å². The molecule has 0 bridgehead atoms. The number of benzene rings is 2. The Hall–Kier alpha value is -1.51. The maximum atomic E-state index is 13.9. The van der Waals surface area contributed by atoms with E-state index in [0.29, 0.717) is 6.07 Å². The first-order chi connectivity index (χ1) is 10.5. The lowest BCUT2D eigenvalue weighted by atomic mass is 10.2. The summed E-state index contributed by atoms with van der Waals surface area (Å²) in [5.74, 6) is -1.72. The SMILES string of the molecule is O=S(=O)(Nc1cccc(C(F)(F)F)c1F)c1ccc(Cl)c(Cl)c1. The Labute approximate surface area is 138 Å². The predicted molar refractivity (Wildman–Crippen MR) is 78.7 cm³/mol. The largest absolute Gasteiger partial charge is 0.419 e. The van der Waals surface area contributed by atoms with Crippen LogP contribution in [0.15, 0.2) is 41.3 Å². The van der Waals surface area contributed by atoms with Gasteiger partial charge in [0.25, 0.3) is 10.0 Å². The highest BCUT2D eigenvalue weighted by Gasteiger charge is 2.35. The molecule has 0 aliphatic heterocycles. The normalized spacial score (nSPS) is 12.3. The number of halogens is 6. The van der Waals surface area contributed by atoms with Gasteiger partial charge in [0, 0.05) is 0 Å². The molecule has 124 valence electrons. The Bertz CT molecular complexity index is 854. The zero-order valence-electron chi connectivity index (χ0n) is 11.0. The van der Waals surface area contributed by atoms with Crippen molar-refractivity contribution in [2.24, 2.45) is 0 Å². The Morgan fingerprint density at radius 2 is 1.65 bits per heavy atom. The van der Waals surface area contributed by atoms with Crippen LogP contribution in [-0.2, 0) is 16.2 Å². The molecule has 0 aromatic heterocycles. The van der Waals surface area contributed by atoms with Gasteiger partial charge in [-0.15, -0.1) is 0 Å². The minimum absolute atomic E-state index is 0.0703. The van der Waals surface area contributed by atoms with Crippen LogP contribution in [0.25, 0.3) is 0 Å². The van der Waals surface area contributed by atoms with Gasteiger partial charge in [-0.2, -0.15) is 13.2 Å². The van der Waals surface area contributed by atoms with Crippen LogP contribution in [-0.4, -0.2) is 8.42 Å². The van der Waals surface area contributed by atoms with Crippen LogP contribution < -0.4 is 4.72 Å². The molecule has 0 saturated heterocycles. The van der Waals surface area contributed by atoms with Crippen molar-refractivity contribution in [1.82, 2.24) is 0 Å². The summed E-state index contributed by atoms with van der Waals surface area (Å²) in [4.78, 5) is -0.372. The monoisotopic (exact) mass is 387 g/mol. The van der Waals surface area contributed by atoms with Crippen molar-refractivity contribution in [2.75, 3.05) is 4.72 Å². The van der Waals surface area contributed by atoms with Gasteiger partial charge >= 0.3 is 6.18 Å². The summed E-state index contributed by atoms with van der Waals surface area (Å²) in [6.45, 7) is 0. The molecule has 0 aliphatic rings. The lowest BCUT2D eigenvalue weighted by molar-refractivity contribution is -0.139. The molecule has 0 saturated carbocycles. The van der Waals surface area contributed by atoms with Gasteiger partial charge < -0.3 is 0 Å². The van der Waals surface area contributed by atoms with Gasteiger partial charge in [0.2, 0.25) is 0 Å². The Morgan fingerprint density at radius 1 is 1.00 bits per heavy atom. The fourth-order valence-corrected chi connectivity index (χ4v) is 3.13. The van der Waals surface area contributed by atoms with E-state index in [2.05, 4.69) is 0 Å². The molecule has 0 heterocycles. The number of hydrogen-bond acceptors (Lipinski definition) is 2. The van der Waals surface area contributed by atoms with Crippen molar-refractivity contribution in [3.8, 4) is 0 Å². The van der Waals surface area contributed by atoms with E-state index in [4.69, 9.17) is 23.2 Å².